The predicted molar refractivity (Wildman–Crippen MR) is 96.8 cm³/mol. The monoisotopic (exact) mass is 319 g/mol. The molecule has 0 unspecified atom stereocenters. The van der Waals surface area contributed by atoms with Gasteiger partial charge in [-0.15, -0.1) is 0 Å². The number of aromatic nitrogens is 3. The minimum Gasteiger partial charge on any atom is -0.366 e. The largest absolute Gasteiger partial charge is 0.366 e. The summed E-state index contributed by atoms with van der Waals surface area (Å²) in [5.41, 5.74) is 3.60. The predicted octanol–water partition coefficient (Wildman–Crippen LogP) is 3.71. The molecule has 122 valence electrons. The van der Waals surface area contributed by atoms with E-state index in [-0.39, 0.29) is 0 Å². The minimum absolute atomic E-state index is 0.682. The van der Waals surface area contributed by atoms with Crippen molar-refractivity contribution in [1.82, 2.24) is 15.0 Å². The maximum absolute atomic E-state index is 4.45. The maximum atomic E-state index is 4.45. The number of hydrogen-bond donors (Lipinski definition) is 2. The van der Waals surface area contributed by atoms with Gasteiger partial charge in [0.25, 0.3) is 0 Å². The van der Waals surface area contributed by atoms with E-state index in [9.17, 15) is 0 Å². The molecule has 0 spiro atoms. The molecule has 2 aromatic heterocycles. The van der Waals surface area contributed by atoms with Gasteiger partial charge in [0.2, 0.25) is 0 Å². The summed E-state index contributed by atoms with van der Waals surface area (Å²) in [6.07, 6.45) is 3.61. The Morgan fingerprint density at radius 2 is 1.54 bits per heavy atom. The van der Waals surface area contributed by atoms with Crippen LogP contribution in [0, 0.1) is 13.8 Å². The molecule has 0 aliphatic carbocycles. The Bertz CT molecular complexity index is 802. The van der Waals surface area contributed by atoms with Gasteiger partial charge in [0.15, 0.2) is 0 Å². The third-order valence-electron chi connectivity index (χ3n) is 3.59. The van der Waals surface area contributed by atoms with E-state index in [0.717, 1.165) is 29.6 Å². The van der Waals surface area contributed by atoms with Gasteiger partial charge >= 0.3 is 0 Å². The van der Waals surface area contributed by atoms with Gasteiger partial charge in [0.1, 0.15) is 17.5 Å². The van der Waals surface area contributed by atoms with Gasteiger partial charge in [0.05, 0.1) is 0 Å². The Hall–Kier alpha value is -2.95. The first-order chi connectivity index (χ1) is 11.7. The average Bonchev–Trinajstić information content (AvgIpc) is 2.59. The van der Waals surface area contributed by atoms with Gasteiger partial charge in [-0.05, 0) is 31.0 Å². The Labute approximate surface area is 142 Å². The molecule has 0 radical (unpaired) electrons. The van der Waals surface area contributed by atoms with Crippen LogP contribution in [0.2, 0.25) is 0 Å². The van der Waals surface area contributed by atoms with Crippen LogP contribution in [0.3, 0.4) is 0 Å². The van der Waals surface area contributed by atoms with Crippen LogP contribution in [0.4, 0.5) is 11.6 Å². The van der Waals surface area contributed by atoms with Crippen molar-refractivity contribution in [2.24, 2.45) is 0 Å². The van der Waals surface area contributed by atoms with Crippen LogP contribution in [-0.4, -0.2) is 15.0 Å². The first-order valence-corrected chi connectivity index (χ1v) is 7.97. The molecular weight excluding hydrogens is 298 g/mol. The fourth-order valence-corrected chi connectivity index (χ4v) is 2.46. The number of nitrogens with one attached hydrogen (secondary N) is 2. The van der Waals surface area contributed by atoms with E-state index in [0.29, 0.717) is 6.54 Å². The Balaban J connectivity index is 1.65. The van der Waals surface area contributed by atoms with Crippen LogP contribution in [0.1, 0.15) is 22.5 Å². The SMILES string of the molecule is Cc1cccc(CNc2cc(NCc3cccnc3)nc(C)n2)c1. The van der Waals surface area contributed by atoms with Crippen LogP contribution >= 0.6 is 0 Å². The van der Waals surface area contributed by atoms with Crippen molar-refractivity contribution in [1.29, 1.82) is 0 Å². The second kappa shape index (κ2) is 7.55. The van der Waals surface area contributed by atoms with E-state index in [1.807, 2.05) is 31.3 Å². The lowest BCUT2D eigenvalue weighted by Gasteiger charge is -2.10. The quantitative estimate of drug-likeness (QED) is 0.725. The Morgan fingerprint density at radius 1 is 0.833 bits per heavy atom. The highest BCUT2D eigenvalue weighted by molar-refractivity contribution is 5.48. The van der Waals surface area contributed by atoms with Crippen molar-refractivity contribution in [3.63, 3.8) is 0 Å². The van der Waals surface area contributed by atoms with Crippen molar-refractivity contribution >= 4 is 11.6 Å². The highest BCUT2D eigenvalue weighted by Gasteiger charge is 2.03. The molecule has 0 aliphatic rings. The molecule has 1 aromatic carbocycles. The lowest BCUT2D eigenvalue weighted by Crippen LogP contribution is -2.07. The van der Waals surface area contributed by atoms with Crippen LogP contribution in [0.5, 0.6) is 0 Å². The number of benzene rings is 1. The number of pyridine rings is 1. The number of hydrogen-bond acceptors (Lipinski definition) is 5. The zero-order valence-electron chi connectivity index (χ0n) is 14.0. The first-order valence-electron chi connectivity index (χ1n) is 7.97. The summed E-state index contributed by atoms with van der Waals surface area (Å²) >= 11 is 0. The lowest BCUT2D eigenvalue weighted by molar-refractivity contribution is 1.00. The number of rotatable bonds is 6. The van der Waals surface area contributed by atoms with Crippen LogP contribution in [0.15, 0.2) is 54.9 Å². The first kappa shape index (κ1) is 15.9. The molecule has 0 fully saturated rings. The Kier molecular flexibility index (Phi) is 5.01. The molecule has 0 amide bonds. The van der Waals surface area contributed by atoms with Gasteiger partial charge in [-0.3, -0.25) is 4.98 Å². The summed E-state index contributed by atoms with van der Waals surface area (Å²) in [4.78, 5) is 13.0. The third-order valence-corrected chi connectivity index (χ3v) is 3.59. The number of aryl methyl sites for hydroxylation is 2. The molecular formula is C19H21N5. The minimum atomic E-state index is 0.682. The lowest BCUT2D eigenvalue weighted by atomic mass is 10.1. The highest BCUT2D eigenvalue weighted by atomic mass is 15.1. The van der Waals surface area contributed by atoms with E-state index in [1.54, 1.807) is 6.20 Å². The number of anilines is 2. The topological polar surface area (TPSA) is 62.7 Å². The van der Waals surface area contributed by atoms with E-state index >= 15 is 0 Å². The van der Waals surface area contributed by atoms with E-state index in [4.69, 9.17) is 0 Å². The summed E-state index contributed by atoms with van der Waals surface area (Å²) in [6.45, 7) is 5.41. The second-order valence-corrected chi connectivity index (χ2v) is 5.74. The molecule has 24 heavy (non-hydrogen) atoms. The highest BCUT2D eigenvalue weighted by Crippen LogP contribution is 2.14. The molecule has 0 aliphatic heterocycles. The zero-order chi connectivity index (χ0) is 16.8. The standard InChI is InChI=1S/C19H21N5/c1-14-5-3-6-16(9-14)12-21-18-10-19(24-15(2)23-18)22-13-17-7-4-8-20-11-17/h3-11H,12-13H2,1-2H3,(H2,21,22,23,24). The second-order valence-electron chi connectivity index (χ2n) is 5.74. The third kappa shape index (κ3) is 4.52. The van der Waals surface area contributed by atoms with Gasteiger partial charge < -0.3 is 10.6 Å². The summed E-state index contributed by atoms with van der Waals surface area (Å²) in [5, 5.41) is 6.68. The van der Waals surface area contributed by atoms with Crippen molar-refractivity contribution in [2.45, 2.75) is 26.9 Å². The zero-order valence-corrected chi connectivity index (χ0v) is 14.0. The van der Waals surface area contributed by atoms with Gasteiger partial charge in [-0.2, -0.15) is 0 Å². The number of nitrogens with zero attached hydrogens (tertiary/aromatic N) is 3. The van der Waals surface area contributed by atoms with Crippen molar-refractivity contribution in [2.75, 3.05) is 10.6 Å². The maximum Gasteiger partial charge on any atom is 0.132 e. The molecule has 2 heterocycles. The Morgan fingerprint density at radius 3 is 2.21 bits per heavy atom. The van der Waals surface area contributed by atoms with E-state index in [2.05, 4.69) is 56.8 Å². The molecule has 3 aromatic rings. The molecule has 0 saturated heterocycles. The van der Waals surface area contributed by atoms with Gasteiger partial charge in [0, 0.05) is 31.5 Å². The molecule has 0 saturated carbocycles. The molecule has 5 nitrogen and oxygen atoms in total. The summed E-state index contributed by atoms with van der Waals surface area (Å²) in [6, 6.07) is 14.3. The fraction of sp³-hybridized carbons (Fsp3) is 0.211. The van der Waals surface area contributed by atoms with Crippen LogP contribution < -0.4 is 10.6 Å². The molecule has 0 atom stereocenters. The summed E-state index contributed by atoms with van der Waals surface area (Å²) < 4.78 is 0. The van der Waals surface area contributed by atoms with E-state index in [1.165, 1.54) is 11.1 Å². The molecule has 2 N–H and O–H groups in total. The molecule has 5 heteroatoms. The van der Waals surface area contributed by atoms with Crippen LogP contribution in [0.25, 0.3) is 0 Å². The van der Waals surface area contributed by atoms with Gasteiger partial charge in [-0.25, -0.2) is 9.97 Å². The van der Waals surface area contributed by atoms with Crippen molar-refractivity contribution < 1.29 is 0 Å². The molecule has 0 bridgehead atoms. The fourth-order valence-electron chi connectivity index (χ4n) is 2.46. The van der Waals surface area contributed by atoms with Crippen molar-refractivity contribution in [3.8, 4) is 0 Å². The smallest absolute Gasteiger partial charge is 0.132 e. The average molecular weight is 319 g/mol. The molecule has 3 rings (SSSR count). The van der Waals surface area contributed by atoms with Gasteiger partial charge in [-0.1, -0.05) is 35.9 Å². The van der Waals surface area contributed by atoms with Crippen molar-refractivity contribution in [3.05, 3.63) is 77.4 Å². The normalized spacial score (nSPS) is 10.4. The van der Waals surface area contributed by atoms with E-state index < -0.39 is 0 Å². The summed E-state index contributed by atoms with van der Waals surface area (Å²) in [5.74, 6) is 2.36. The van der Waals surface area contributed by atoms with Crippen LogP contribution in [-0.2, 0) is 13.1 Å². The summed E-state index contributed by atoms with van der Waals surface area (Å²) in [7, 11) is 0.